The Labute approximate surface area is 135 Å². The summed E-state index contributed by atoms with van der Waals surface area (Å²) in [5.74, 6) is 2.44. The third kappa shape index (κ3) is 2.20. The molecule has 2 aromatic rings. The topological polar surface area (TPSA) is 66.1 Å². The zero-order valence-electron chi connectivity index (χ0n) is 13.1. The Kier molecular flexibility index (Phi) is 2.88. The average Bonchev–Trinajstić information content (AvgIpc) is 3.20. The van der Waals surface area contributed by atoms with Crippen LogP contribution in [0.5, 0.6) is 5.88 Å². The molecular formula is C17H21N5O. The van der Waals surface area contributed by atoms with Crippen LogP contribution < -0.4 is 10.1 Å². The van der Waals surface area contributed by atoms with Gasteiger partial charge in [-0.2, -0.15) is 0 Å². The molecule has 2 bridgehead atoms. The van der Waals surface area contributed by atoms with Gasteiger partial charge in [-0.05, 0) is 32.0 Å². The molecule has 120 valence electrons. The highest BCUT2D eigenvalue weighted by Gasteiger charge is 2.52. The molecule has 2 N–H and O–H groups in total. The lowest BCUT2D eigenvalue weighted by molar-refractivity contribution is -0.0814. The van der Waals surface area contributed by atoms with Gasteiger partial charge in [-0.15, -0.1) is 0 Å². The third-order valence-electron chi connectivity index (χ3n) is 5.55. The number of nitrogens with one attached hydrogen (secondary N) is 2. The van der Waals surface area contributed by atoms with Crippen LogP contribution in [-0.4, -0.2) is 45.1 Å². The Morgan fingerprint density at radius 2 is 2.26 bits per heavy atom. The van der Waals surface area contributed by atoms with E-state index in [1.54, 1.807) is 6.20 Å². The van der Waals surface area contributed by atoms with E-state index >= 15 is 0 Å². The van der Waals surface area contributed by atoms with Crippen molar-refractivity contribution >= 4 is 5.69 Å². The fraction of sp³-hybridized carbons (Fsp3) is 0.529. The Morgan fingerprint density at radius 1 is 1.35 bits per heavy atom. The first-order valence-electron chi connectivity index (χ1n) is 8.43. The molecule has 0 amide bonds. The number of hydrogen-bond donors (Lipinski definition) is 2. The Balaban J connectivity index is 1.34. The molecule has 4 aliphatic heterocycles. The molecule has 0 saturated carbocycles. The second-order valence-corrected chi connectivity index (χ2v) is 6.97. The standard InChI is InChI=1S/C17H21N5O/c1-5-22-6-2-13(1)17(11-22)8-12-7-14(9-21-16(12)23-17)20-10-15-18-3-4-19-15/h3-4,7,9,13,20H,1-2,5-6,8,10-11H2,(H,18,19)/t17-/m0/s1. The van der Waals surface area contributed by atoms with Gasteiger partial charge in [-0.25, -0.2) is 9.97 Å². The number of piperidine rings is 3. The van der Waals surface area contributed by atoms with Crippen LogP contribution >= 0.6 is 0 Å². The van der Waals surface area contributed by atoms with Gasteiger partial charge in [-0.3, -0.25) is 4.90 Å². The summed E-state index contributed by atoms with van der Waals surface area (Å²) in [4.78, 5) is 14.4. The number of pyridine rings is 1. The van der Waals surface area contributed by atoms with Gasteiger partial charge in [-0.1, -0.05) is 0 Å². The molecule has 0 unspecified atom stereocenters. The first kappa shape index (κ1) is 13.4. The first-order valence-corrected chi connectivity index (χ1v) is 8.43. The molecule has 4 aliphatic rings. The number of nitrogens with zero attached hydrogens (tertiary/aromatic N) is 3. The number of anilines is 1. The number of aromatic amines is 1. The molecule has 6 rings (SSSR count). The van der Waals surface area contributed by atoms with Crippen molar-refractivity contribution in [3.8, 4) is 5.88 Å². The predicted molar refractivity (Wildman–Crippen MR) is 86.4 cm³/mol. The van der Waals surface area contributed by atoms with Gasteiger partial charge in [0.1, 0.15) is 11.4 Å². The molecule has 2 aromatic heterocycles. The molecule has 6 heteroatoms. The number of aromatic nitrogens is 3. The van der Waals surface area contributed by atoms with E-state index in [9.17, 15) is 0 Å². The largest absolute Gasteiger partial charge is 0.469 e. The van der Waals surface area contributed by atoms with Crippen LogP contribution in [0, 0.1) is 5.92 Å². The average molecular weight is 311 g/mol. The van der Waals surface area contributed by atoms with Crippen molar-refractivity contribution in [2.75, 3.05) is 25.0 Å². The van der Waals surface area contributed by atoms with E-state index in [1.165, 1.54) is 31.5 Å². The van der Waals surface area contributed by atoms with E-state index in [-0.39, 0.29) is 5.60 Å². The summed E-state index contributed by atoms with van der Waals surface area (Å²) in [7, 11) is 0. The van der Waals surface area contributed by atoms with E-state index in [0.29, 0.717) is 12.5 Å². The molecular weight excluding hydrogens is 290 g/mol. The minimum absolute atomic E-state index is 0.0224. The Bertz CT molecular complexity index is 708. The minimum atomic E-state index is -0.0224. The van der Waals surface area contributed by atoms with Gasteiger partial charge >= 0.3 is 0 Å². The summed E-state index contributed by atoms with van der Waals surface area (Å²) in [5, 5.41) is 3.38. The summed E-state index contributed by atoms with van der Waals surface area (Å²) < 4.78 is 6.38. The van der Waals surface area contributed by atoms with Crippen LogP contribution in [0.1, 0.15) is 24.2 Å². The van der Waals surface area contributed by atoms with Crippen LogP contribution in [-0.2, 0) is 13.0 Å². The van der Waals surface area contributed by atoms with Gasteiger partial charge < -0.3 is 15.0 Å². The highest BCUT2D eigenvalue weighted by Crippen LogP contribution is 2.46. The van der Waals surface area contributed by atoms with Crippen LogP contribution in [0.4, 0.5) is 5.69 Å². The first-order chi connectivity index (χ1) is 11.3. The van der Waals surface area contributed by atoms with Crippen LogP contribution in [0.3, 0.4) is 0 Å². The summed E-state index contributed by atoms with van der Waals surface area (Å²) >= 11 is 0. The lowest BCUT2D eigenvalue weighted by atomic mass is 9.73. The molecule has 3 saturated heterocycles. The molecule has 0 radical (unpaired) electrons. The van der Waals surface area contributed by atoms with Crippen molar-refractivity contribution in [2.24, 2.45) is 5.92 Å². The summed E-state index contributed by atoms with van der Waals surface area (Å²) in [6.07, 6.45) is 8.98. The quantitative estimate of drug-likeness (QED) is 0.905. The fourth-order valence-corrected chi connectivity index (χ4v) is 4.39. The molecule has 0 aromatic carbocycles. The number of ether oxygens (including phenoxy) is 1. The maximum Gasteiger partial charge on any atom is 0.217 e. The highest BCUT2D eigenvalue weighted by molar-refractivity contribution is 5.49. The van der Waals surface area contributed by atoms with E-state index < -0.39 is 0 Å². The van der Waals surface area contributed by atoms with Crippen molar-refractivity contribution in [3.05, 3.63) is 36.0 Å². The maximum atomic E-state index is 6.38. The Hall–Kier alpha value is -2.08. The molecule has 3 fully saturated rings. The fourth-order valence-electron chi connectivity index (χ4n) is 4.39. The zero-order chi connectivity index (χ0) is 15.3. The van der Waals surface area contributed by atoms with Crippen LogP contribution in [0.15, 0.2) is 24.7 Å². The SMILES string of the molecule is c1c[nH]c(CNc2cnc3c(c2)C[C@@]2(CN4CCC2CC4)O3)n1. The van der Waals surface area contributed by atoms with Crippen molar-refractivity contribution in [2.45, 2.75) is 31.4 Å². The predicted octanol–water partition coefficient (Wildman–Crippen LogP) is 1.82. The van der Waals surface area contributed by atoms with Gasteiger partial charge in [0.15, 0.2) is 0 Å². The molecule has 0 aliphatic carbocycles. The minimum Gasteiger partial charge on any atom is -0.469 e. The van der Waals surface area contributed by atoms with E-state index in [4.69, 9.17) is 4.74 Å². The second kappa shape index (κ2) is 4.96. The molecule has 6 nitrogen and oxygen atoms in total. The normalized spacial score (nSPS) is 31.1. The van der Waals surface area contributed by atoms with Crippen molar-refractivity contribution in [1.82, 2.24) is 19.9 Å². The highest BCUT2D eigenvalue weighted by atomic mass is 16.5. The summed E-state index contributed by atoms with van der Waals surface area (Å²) in [6.45, 7) is 4.20. The van der Waals surface area contributed by atoms with Crippen LogP contribution in [0.25, 0.3) is 0 Å². The van der Waals surface area contributed by atoms with Crippen LogP contribution in [0.2, 0.25) is 0 Å². The number of rotatable bonds is 3. The third-order valence-corrected chi connectivity index (χ3v) is 5.55. The summed E-state index contributed by atoms with van der Waals surface area (Å²) in [5.41, 5.74) is 2.25. The number of H-pyrrole nitrogens is 1. The van der Waals surface area contributed by atoms with Crippen molar-refractivity contribution in [1.29, 1.82) is 0 Å². The van der Waals surface area contributed by atoms with Gasteiger partial charge in [0, 0.05) is 36.8 Å². The maximum absolute atomic E-state index is 6.38. The molecule has 1 atom stereocenters. The summed E-state index contributed by atoms with van der Waals surface area (Å²) in [6, 6.07) is 2.19. The number of hydrogen-bond acceptors (Lipinski definition) is 5. The number of imidazole rings is 1. The molecule has 1 spiro atoms. The van der Waals surface area contributed by atoms with Gasteiger partial charge in [0.05, 0.1) is 18.4 Å². The second-order valence-electron chi connectivity index (χ2n) is 6.97. The lowest BCUT2D eigenvalue weighted by Gasteiger charge is -2.50. The van der Waals surface area contributed by atoms with E-state index in [1.807, 2.05) is 12.4 Å². The van der Waals surface area contributed by atoms with Crippen molar-refractivity contribution < 1.29 is 4.74 Å². The number of fused-ring (bicyclic) bond motifs is 3. The Morgan fingerprint density at radius 3 is 3.00 bits per heavy atom. The van der Waals surface area contributed by atoms with Gasteiger partial charge in [0.25, 0.3) is 0 Å². The zero-order valence-corrected chi connectivity index (χ0v) is 13.1. The molecule has 6 heterocycles. The van der Waals surface area contributed by atoms with E-state index in [0.717, 1.165) is 30.4 Å². The monoisotopic (exact) mass is 311 g/mol. The van der Waals surface area contributed by atoms with E-state index in [2.05, 4.69) is 31.2 Å². The smallest absolute Gasteiger partial charge is 0.217 e. The van der Waals surface area contributed by atoms with Gasteiger partial charge in [0.2, 0.25) is 5.88 Å². The lowest BCUT2D eigenvalue weighted by Crippen LogP contribution is -2.61. The molecule has 23 heavy (non-hydrogen) atoms. The van der Waals surface area contributed by atoms with Crippen molar-refractivity contribution in [3.63, 3.8) is 0 Å².